The fourth-order valence-corrected chi connectivity index (χ4v) is 3.62. The molecular weight excluding hydrogens is 460 g/mol. The molecule has 4 rings (SSSR count). The second-order valence-electron chi connectivity index (χ2n) is 6.86. The van der Waals surface area contributed by atoms with Crippen molar-refractivity contribution in [1.29, 1.82) is 0 Å². The van der Waals surface area contributed by atoms with E-state index in [0.29, 0.717) is 41.8 Å². The Hall–Kier alpha value is -3.30. The fraction of sp³-hybridized carbons (Fsp3) is 0.182. The molecule has 0 aliphatic rings. The summed E-state index contributed by atoms with van der Waals surface area (Å²) in [6, 6.07) is 15.1. The SMILES string of the molecule is COCCCNC(=O)c1c(N)n(/N=C\c2cccc(Br)c2)c2nc3ccccc3nc12. The van der Waals surface area contributed by atoms with Gasteiger partial charge in [0.15, 0.2) is 5.65 Å². The Kier molecular flexibility index (Phi) is 6.24. The van der Waals surface area contributed by atoms with Crippen molar-refractivity contribution in [2.45, 2.75) is 6.42 Å². The number of nitrogens with one attached hydrogen (secondary N) is 1. The summed E-state index contributed by atoms with van der Waals surface area (Å²) >= 11 is 3.45. The third-order valence-corrected chi connectivity index (χ3v) is 5.18. The number of hydrogen-bond acceptors (Lipinski definition) is 6. The molecule has 4 aromatic rings. The molecule has 8 nitrogen and oxygen atoms in total. The normalized spacial score (nSPS) is 11.5. The number of nitrogens with two attached hydrogens (primary N) is 1. The molecule has 0 radical (unpaired) electrons. The minimum atomic E-state index is -0.320. The molecule has 2 heterocycles. The van der Waals surface area contributed by atoms with Crippen LogP contribution in [0.25, 0.3) is 22.2 Å². The molecule has 0 spiro atoms. The van der Waals surface area contributed by atoms with Gasteiger partial charge in [-0.3, -0.25) is 4.79 Å². The predicted molar refractivity (Wildman–Crippen MR) is 125 cm³/mol. The number of anilines is 1. The molecule has 1 amide bonds. The van der Waals surface area contributed by atoms with Crippen molar-refractivity contribution >= 4 is 56.1 Å². The Balaban J connectivity index is 1.81. The van der Waals surface area contributed by atoms with Gasteiger partial charge in [0.1, 0.15) is 16.9 Å². The molecule has 0 bridgehead atoms. The van der Waals surface area contributed by atoms with Crippen LogP contribution in [0.5, 0.6) is 0 Å². The monoisotopic (exact) mass is 480 g/mol. The van der Waals surface area contributed by atoms with Crippen LogP contribution in [0.3, 0.4) is 0 Å². The van der Waals surface area contributed by atoms with Crippen LogP contribution in [-0.4, -0.2) is 47.0 Å². The molecule has 0 aliphatic heterocycles. The van der Waals surface area contributed by atoms with Gasteiger partial charge in [-0.25, -0.2) is 9.97 Å². The van der Waals surface area contributed by atoms with Gasteiger partial charge in [0, 0.05) is 24.7 Å². The highest BCUT2D eigenvalue weighted by Crippen LogP contribution is 2.27. The number of halogens is 1. The number of benzene rings is 2. The number of nitrogen functional groups attached to an aromatic ring is 1. The van der Waals surface area contributed by atoms with E-state index in [2.05, 4.69) is 36.3 Å². The Morgan fingerprint density at radius 2 is 2.00 bits per heavy atom. The van der Waals surface area contributed by atoms with Crippen molar-refractivity contribution in [3.05, 3.63) is 64.1 Å². The molecule has 158 valence electrons. The van der Waals surface area contributed by atoms with Crippen LogP contribution in [0.15, 0.2) is 58.1 Å². The molecule has 2 aromatic heterocycles. The average Bonchev–Trinajstić information content (AvgIpc) is 3.04. The van der Waals surface area contributed by atoms with E-state index in [1.165, 1.54) is 4.68 Å². The maximum absolute atomic E-state index is 12.9. The van der Waals surface area contributed by atoms with Crippen molar-refractivity contribution in [2.24, 2.45) is 5.10 Å². The second kappa shape index (κ2) is 9.23. The number of fused-ring (bicyclic) bond motifs is 2. The Morgan fingerprint density at radius 1 is 1.23 bits per heavy atom. The van der Waals surface area contributed by atoms with Gasteiger partial charge in [0.05, 0.1) is 17.2 Å². The van der Waals surface area contributed by atoms with Crippen LogP contribution in [0, 0.1) is 0 Å². The van der Waals surface area contributed by atoms with Crippen LogP contribution in [-0.2, 0) is 4.74 Å². The van der Waals surface area contributed by atoms with E-state index in [4.69, 9.17) is 10.5 Å². The zero-order valence-corrected chi connectivity index (χ0v) is 18.5. The summed E-state index contributed by atoms with van der Waals surface area (Å²) in [7, 11) is 1.62. The molecule has 0 aliphatic carbocycles. The van der Waals surface area contributed by atoms with Gasteiger partial charge < -0.3 is 15.8 Å². The number of nitrogens with zero attached hydrogens (tertiary/aromatic N) is 4. The lowest BCUT2D eigenvalue weighted by atomic mass is 10.2. The first-order chi connectivity index (χ1) is 15.1. The van der Waals surface area contributed by atoms with E-state index in [9.17, 15) is 4.79 Å². The number of carbonyl (C=O) groups is 1. The quantitative estimate of drug-likeness (QED) is 0.310. The maximum Gasteiger partial charge on any atom is 0.257 e. The molecule has 0 unspecified atom stereocenters. The van der Waals surface area contributed by atoms with Gasteiger partial charge in [-0.05, 0) is 36.2 Å². The lowest BCUT2D eigenvalue weighted by Gasteiger charge is -2.05. The number of carbonyl (C=O) groups excluding carboxylic acids is 1. The summed E-state index contributed by atoms with van der Waals surface area (Å²) in [5.74, 6) is -0.139. The standard InChI is InChI=1S/C22H21BrN6O2/c1-31-11-5-10-25-22(30)18-19-21(28-17-9-3-2-8-16(17)27-19)29(20(18)24)26-13-14-6-4-7-15(23)12-14/h2-4,6-9,12-13H,5,10-11,24H2,1H3,(H,25,30)/b26-13-. The number of aromatic nitrogens is 3. The third kappa shape index (κ3) is 4.42. The van der Waals surface area contributed by atoms with Crippen molar-refractivity contribution in [3.63, 3.8) is 0 Å². The number of amides is 1. The number of para-hydroxylation sites is 2. The molecular formula is C22H21BrN6O2. The molecule has 0 saturated carbocycles. The summed E-state index contributed by atoms with van der Waals surface area (Å²) in [6.07, 6.45) is 2.36. The number of hydrogen-bond donors (Lipinski definition) is 2. The Morgan fingerprint density at radius 3 is 2.74 bits per heavy atom. The molecule has 3 N–H and O–H groups in total. The van der Waals surface area contributed by atoms with Crippen molar-refractivity contribution in [1.82, 2.24) is 20.0 Å². The number of methoxy groups -OCH3 is 1. The lowest BCUT2D eigenvalue weighted by Crippen LogP contribution is -2.26. The third-order valence-electron chi connectivity index (χ3n) is 4.68. The van der Waals surface area contributed by atoms with E-state index < -0.39 is 0 Å². The minimum Gasteiger partial charge on any atom is -0.385 e. The van der Waals surface area contributed by atoms with E-state index in [-0.39, 0.29) is 17.3 Å². The van der Waals surface area contributed by atoms with E-state index in [1.807, 2.05) is 48.5 Å². The first-order valence-electron chi connectivity index (χ1n) is 9.72. The second-order valence-corrected chi connectivity index (χ2v) is 7.77. The summed E-state index contributed by atoms with van der Waals surface area (Å²) < 4.78 is 7.43. The van der Waals surface area contributed by atoms with Crippen LogP contribution >= 0.6 is 15.9 Å². The molecule has 2 aromatic carbocycles. The fourth-order valence-electron chi connectivity index (χ4n) is 3.21. The van der Waals surface area contributed by atoms with Crippen LogP contribution in [0.2, 0.25) is 0 Å². The molecule has 0 atom stereocenters. The van der Waals surface area contributed by atoms with Gasteiger partial charge in [0.2, 0.25) is 0 Å². The van der Waals surface area contributed by atoms with E-state index >= 15 is 0 Å². The molecule has 0 fully saturated rings. The molecule has 9 heteroatoms. The topological polar surface area (TPSA) is 107 Å². The lowest BCUT2D eigenvalue weighted by molar-refractivity contribution is 0.0951. The van der Waals surface area contributed by atoms with Crippen molar-refractivity contribution in [3.8, 4) is 0 Å². The number of ether oxygens (including phenoxy) is 1. The highest BCUT2D eigenvalue weighted by atomic mass is 79.9. The zero-order valence-electron chi connectivity index (χ0n) is 16.9. The van der Waals surface area contributed by atoms with Gasteiger partial charge in [-0.15, -0.1) is 0 Å². The summed E-state index contributed by atoms with van der Waals surface area (Å²) in [6.45, 7) is 1.01. The summed E-state index contributed by atoms with van der Waals surface area (Å²) in [5.41, 5.74) is 9.71. The highest BCUT2D eigenvalue weighted by Gasteiger charge is 2.23. The smallest absolute Gasteiger partial charge is 0.257 e. The van der Waals surface area contributed by atoms with Crippen LogP contribution < -0.4 is 11.1 Å². The van der Waals surface area contributed by atoms with Gasteiger partial charge in [-0.2, -0.15) is 9.78 Å². The van der Waals surface area contributed by atoms with Crippen LogP contribution in [0.1, 0.15) is 22.3 Å². The zero-order chi connectivity index (χ0) is 21.8. The summed E-state index contributed by atoms with van der Waals surface area (Å²) in [5, 5.41) is 7.38. The average molecular weight is 481 g/mol. The first kappa shape index (κ1) is 21.0. The molecule has 0 saturated heterocycles. The Labute approximate surface area is 187 Å². The van der Waals surface area contributed by atoms with Crippen LogP contribution in [0.4, 0.5) is 5.82 Å². The number of rotatable bonds is 7. The predicted octanol–water partition coefficient (Wildman–Crippen LogP) is 3.58. The van der Waals surface area contributed by atoms with E-state index in [0.717, 1.165) is 10.0 Å². The maximum atomic E-state index is 12.9. The van der Waals surface area contributed by atoms with Crippen molar-refractivity contribution in [2.75, 3.05) is 26.0 Å². The largest absolute Gasteiger partial charge is 0.385 e. The van der Waals surface area contributed by atoms with Gasteiger partial charge >= 0.3 is 0 Å². The van der Waals surface area contributed by atoms with Crippen molar-refractivity contribution < 1.29 is 9.53 Å². The Bertz CT molecular complexity index is 1280. The van der Waals surface area contributed by atoms with Gasteiger partial charge in [-0.1, -0.05) is 40.2 Å². The first-order valence-corrected chi connectivity index (χ1v) is 10.5. The highest BCUT2D eigenvalue weighted by molar-refractivity contribution is 9.10. The minimum absolute atomic E-state index is 0.181. The van der Waals surface area contributed by atoms with Gasteiger partial charge in [0.25, 0.3) is 5.91 Å². The van der Waals surface area contributed by atoms with E-state index in [1.54, 1.807) is 13.3 Å². The summed E-state index contributed by atoms with van der Waals surface area (Å²) in [4.78, 5) is 22.3. The molecule has 31 heavy (non-hydrogen) atoms.